The van der Waals surface area contributed by atoms with Crippen LogP contribution in [0.25, 0.3) is 0 Å². The van der Waals surface area contributed by atoms with Gasteiger partial charge in [0.2, 0.25) is 0 Å². The topological polar surface area (TPSA) is 15.3 Å². The summed E-state index contributed by atoms with van der Waals surface area (Å²) in [6.45, 7) is 4.58. The van der Waals surface area contributed by atoms with Crippen molar-refractivity contribution in [1.82, 2.24) is 9.62 Å². The monoisotopic (exact) mass is 208 g/mol. The number of piperazine rings is 1. The molecule has 2 nitrogen and oxygen atoms in total. The van der Waals surface area contributed by atoms with Crippen molar-refractivity contribution in [1.29, 1.82) is 0 Å². The van der Waals surface area contributed by atoms with Gasteiger partial charge in [-0.15, -0.1) is 0 Å². The van der Waals surface area contributed by atoms with Crippen molar-refractivity contribution >= 4 is 11.9 Å². The molecule has 0 unspecified atom stereocenters. The lowest BCUT2D eigenvalue weighted by Crippen LogP contribution is -2.39. The van der Waals surface area contributed by atoms with Crippen molar-refractivity contribution in [2.45, 2.75) is 5.75 Å². The third-order valence-electron chi connectivity index (χ3n) is 2.33. The Morgan fingerprint density at radius 1 is 1.14 bits per heavy atom. The number of hydrogen-bond donors (Lipinski definition) is 1. The van der Waals surface area contributed by atoms with E-state index in [9.17, 15) is 0 Å². The van der Waals surface area contributed by atoms with Crippen LogP contribution in [0.15, 0.2) is 30.3 Å². The first kappa shape index (κ1) is 10.0. The first-order valence-corrected chi connectivity index (χ1v) is 6.02. The largest absolute Gasteiger partial charge is 0.314 e. The molecule has 14 heavy (non-hydrogen) atoms. The molecule has 1 heterocycles. The maximum Gasteiger partial charge on any atom is 0.0332 e. The van der Waals surface area contributed by atoms with E-state index in [0.717, 1.165) is 31.9 Å². The van der Waals surface area contributed by atoms with Crippen LogP contribution in [0.2, 0.25) is 0 Å². The fourth-order valence-electron chi connectivity index (χ4n) is 1.51. The molecule has 0 spiro atoms. The Balaban J connectivity index is 1.76. The highest BCUT2D eigenvalue weighted by molar-refractivity contribution is 7.96. The van der Waals surface area contributed by atoms with Crippen molar-refractivity contribution < 1.29 is 0 Å². The van der Waals surface area contributed by atoms with E-state index in [4.69, 9.17) is 0 Å². The van der Waals surface area contributed by atoms with Crippen LogP contribution in [0.1, 0.15) is 5.56 Å². The van der Waals surface area contributed by atoms with E-state index in [1.165, 1.54) is 5.56 Å². The molecule has 0 amide bonds. The smallest absolute Gasteiger partial charge is 0.0332 e. The molecule has 76 valence electrons. The first-order valence-electron chi connectivity index (χ1n) is 5.08. The van der Waals surface area contributed by atoms with Crippen LogP contribution >= 0.6 is 11.9 Å². The van der Waals surface area contributed by atoms with Gasteiger partial charge in [-0.25, -0.2) is 4.31 Å². The van der Waals surface area contributed by atoms with Crippen molar-refractivity contribution in [2.24, 2.45) is 0 Å². The number of hydrogen-bond acceptors (Lipinski definition) is 3. The van der Waals surface area contributed by atoms with Gasteiger partial charge in [-0.2, -0.15) is 0 Å². The fraction of sp³-hybridized carbons (Fsp3) is 0.455. The number of nitrogens with zero attached hydrogens (tertiary/aromatic N) is 1. The van der Waals surface area contributed by atoms with Gasteiger partial charge in [-0.3, -0.25) is 0 Å². The van der Waals surface area contributed by atoms with E-state index in [0.29, 0.717) is 0 Å². The van der Waals surface area contributed by atoms with Crippen LogP contribution < -0.4 is 5.32 Å². The molecule has 0 aliphatic carbocycles. The van der Waals surface area contributed by atoms with E-state index in [1.807, 2.05) is 11.9 Å². The van der Waals surface area contributed by atoms with Gasteiger partial charge in [0.1, 0.15) is 0 Å². The Hall–Kier alpha value is -0.510. The van der Waals surface area contributed by atoms with Crippen LogP contribution in [-0.2, 0) is 5.75 Å². The molecular weight excluding hydrogens is 192 g/mol. The molecule has 2 rings (SSSR count). The molecule has 1 aliphatic rings. The second-order valence-corrected chi connectivity index (χ2v) is 4.50. The number of rotatable bonds is 3. The third-order valence-corrected chi connectivity index (χ3v) is 3.53. The molecule has 3 heteroatoms. The Labute approximate surface area is 89.8 Å². The van der Waals surface area contributed by atoms with E-state index in [2.05, 4.69) is 40.0 Å². The summed E-state index contributed by atoms with van der Waals surface area (Å²) in [5, 5.41) is 3.36. The molecule has 1 saturated heterocycles. The zero-order valence-electron chi connectivity index (χ0n) is 8.28. The summed E-state index contributed by atoms with van der Waals surface area (Å²) in [5.74, 6) is 1.10. The van der Waals surface area contributed by atoms with E-state index < -0.39 is 0 Å². The molecule has 0 saturated carbocycles. The van der Waals surface area contributed by atoms with Crippen LogP contribution in [0.3, 0.4) is 0 Å². The van der Waals surface area contributed by atoms with Crippen LogP contribution in [-0.4, -0.2) is 30.5 Å². The molecule has 1 aliphatic heterocycles. The summed E-state index contributed by atoms with van der Waals surface area (Å²) < 4.78 is 2.45. The lowest BCUT2D eigenvalue weighted by molar-refractivity contribution is 0.396. The van der Waals surface area contributed by atoms with Gasteiger partial charge in [-0.1, -0.05) is 42.3 Å². The maximum absolute atomic E-state index is 3.36. The molecule has 0 bridgehead atoms. The van der Waals surface area contributed by atoms with Crippen molar-refractivity contribution in [3.63, 3.8) is 0 Å². The molecule has 1 aromatic carbocycles. The Bertz CT molecular complexity index is 257. The zero-order chi connectivity index (χ0) is 9.64. The summed E-state index contributed by atoms with van der Waals surface area (Å²) in [5.41, 5.74) is 1.41. The minimum absolute atomic E-state index is 1.10. The van der Waals surface area contributed by atoms with Gasteiger partial charge in [-0.05, 0) is 5.56 Å². The third kappa shape index (κ3) is 3.01. The summed E-state index contributed by atoms with van der Waals surface area (Å²) in [7, 11) is 0. The molecule has 0 atom stereocenters. The van der Waals surface area contributed by atoms with Gasteiger partial charge in [0.25, 0.3) is 0 Å². The second kappa shape index (κ2) is 5.39. The minimum atomic E-state index is 1.10. The van der Waals surface area contributed by atoms with Crippen molar-refractivity contribution in [3.05, 3.63) is 35.9 Å². The normalized spacial score (nSPS) is 18.3. The maximum atomic E-state index is 3.36. The predicted octanol–water partition coefficient (Wildman–Crippen LogP) is 1.74. The summed E-state index contributed by atoms with van der Waals surface area (Å²) in [4.78, 5) is 0. The van der Waals surface area contributed by atoms with Gasteiger partial charge < -0.3 is 5.32 Å². The molecule has 0 radical (unpaired) electrons. The first-order chi connectivity index (χ1) is 6.95. The van der Waals surface area contributed by atoms with Gasteiger partial charge in [0.15, 0.2) is 0 Å². The molecule has 0 aromatic heterocycles. The highest BCUT2D eigenvalue weighted by Gasteiger charge is 2.09. The van der Waals surface area contributed by atoms with Gasteiger partial charge in [0.05, 0.1) is 0 Å². The summed E-state index contributed by atoms with van der Waals surface area (Å²) in [6, 6.07) is 10.7. The predicted molar refractivity (Wildman–Crippen MR) is 62.2 cm³/mol. The quantitative estimate of drug-likeness (QED) is 0.762. The Morgan fingerprint density at radius 3 is 2.57 bits per heavy atom. The minimum Gasteiger partial charge on any atom is -0.314 e. The molecule has 1 fully saturated rings. The number of benzene rings is 1. The van der Waals surface area contributed by atoms with E-state index in [1.54, 1.807) is 0 Å². The summed E-state index contributed by atoms with van der Waals surface area (Å²) in [6.07, 6.45) is 0. The van der Waals surface area contributed by atoms with Crippen molar-refractivity contribution in [2.75, 3.05) is 26.2 Å². The van der Waals surface area contributed by atoms with E-state index in [-0.39, 0.29) is 0 Å². The van der Waals surface area contributed by atoms with Gasteiger partial charge in [0, 0.05) is 31.9 Å². The average Bonchev–Trinajstić information content (AvgIpc) is 2.29. The molecule has 1 aromatic rings. The highest BCUT2D eigenvalue weighted by Crippen LogP contribution is 2.16. The lowest BCUT2D eigenvalue weighted by Gasteiger charge is -2.25. The van der Waals surface area contributed by atoms with Gasteiger partial charge >= 0.3 is 0 Å². The van der Waals surface area contributed by atoms with Crippen LogP contribution in [0.4, 0.5) is 0 Å². The Kier molecular flexibility index (Phi) is 3.86. The Morgan fingerprint density at radius 2 is 1.86 bits per heavy atom. The van der Waals surface area contributed by atoms with Crippen LogP contribution in [0.5, 0.6) is 0 Å². The fourth-order valence-corrected chi connectivity index (χ4v) is 2.48. The molecular formula is C11H16N2S. The van der Waals surface area contributed by atoms with E-state index >= 15 is 0 Å². The zero-order valence-corrected chi connectivity index (χ0v) is 9.09. The standard InChI is InChI=1S/C11H16N2S/c1-2-4-11(5-3-1)10-14-13-8-6-12-7-9-13/h1-5,12H,6-10H2. The second-order valence-electron chi connectivity index (χ2n) is 3.44. The van der Waals surface area contributed by atoms with Crippen LogP contribution in [0, 0.1) is 0 Å². The number of nitrogens with one attached hydrogen (secondary N) is 1. The average molecular weight is 208 g/mol. The SMILES string of the molecule is c1ccc(CSN2CCNCC2)cc1. The van der Waals surface area contributed by atoms with Crippen molar-refractivity contribution in [3.8, 4) is 0 Å². The summed E-state index contributed by atoms with van der Waals surface area (Å²) >= 11 is 1.94. The highest BCUT2D eigenvalue weighted by atomic mass is 32.2. The lowest BCUT2D eigenvalue weighted by atomic mass is 10.2. The molecule has 1 N–H and O–H groups in total.